The Bertz CT molecular complexity index is 1080. The lowest BCUT2D eigenvalue weighted by Gasteiger charge is -2.09. The fraction of sp³-hybridized carbons (Fsp3) is 0. The SMILES string of the molecule is N#C/C(=C/c1cccn1-c1cc([N+](=O)[O-])ccc1Cl)C(=O)Nc1nccs1. The quantitative estimate of drug-likeness (QED) is 0.301. The summed E-state index contributed by atoms with van der Waals surface area (Å²) >= 11 is 7.40. The third-order valence-electron chi connectivity index (χ3n) is 3.49. The molecule has 0 aliphatic carbocycles. The molecule has 10 heteroatoms. The van der Waals surface area contributed by atoms with E-state index in [0.29, 0.717) is 16.5 Å². The predicted molar refractivity (Wildman–Crippen MR) is 102 cm³/mol. The fourth-order valence-electron chi connectivity index (χ4n) is 2.28. The van der Waals surface area contributed by atoms with Crippen LogP contribution in [0, 0.1) is 21.4 Å². The summed E-state index contributed by atoms with van der Waals surface area (Å²) in [6.07, 6.45) is 4.54. The van der Waals surface area contributed by atoms with Crippen molar-refractivity contribution < 1.29 is 9.72 Å². The number of nitrogens with one attached hydrogen (secondary N) is 1. The summed E-state index contributed by atoms with van der Waals surface area (Å²) in [4.78, 5) is 26.7. The average molecular weight is 400 g/mol. The number of nitro groups is 1. The standard InChI is InChI=1S/C17H10ClN5O3S/c18-14-4-3-13(23(25)26)9-15(14)22-6-1-2-12(22)8-11(10-19)16(24)21-17-20-5-7-27-17/h1-9H,(H,20,21,24)/b11-8-. The van der Waals surface area contributed by atoms with Gasteiger partial charge in [0.1, 0.15) is 11.6 Å². The molecule has 0 fully saturated rings. The van der Waals surface area contributed by atoms with Crippen LogP contribution in [0.25, 0.3) is 11.8 Å². The van der Waals surface area contributed by atoms with E-state index in [2.05, 4.69) is 10.3 Å². The van der Waals surface area contributed by atoms with Gasteiger partial charge in [0.2, 0.25) is 0 Å². The highest BCUT2D eigenvalue weighted by Gasteiger charge is 2.15. The Morgan fingerprint density at radius 1 is 1.44 bits per heavy atom. The first-order valence-electron chi connectivity index (χ1n) is 7.44. The van der Waals surface area contributed by atoms with Gasteiger partial charge >= 0.3 is 0 Å². The smallest absolute Gasteiger partial charge is 0.271 e. The molecule has 0 bridgehead atoms. The molecule has 0 atom stereocenters. The van der Waals surface area contributed by atoms with Gasteiger partial charge in [-0.1, -0.05) is 11.6 Å². The molecule has 134 valence electrons. The molecule has 2 aromatic heterocycles. The molecule has 1 amide bonds. The molecule has 27 heavy (non-hydrogen) atoms. The van der Waals surface area contributed by atoms with E-state index >= 15 is 0 Å². The van der Waals surface area contributed by atoms with Crippen LogP contribution >= 0.6 is 22.9 Å². The van der Waals surface area contributed by atoms with Crippen molar-refractivity contribution in [2.24, 2.45) is 0 Å². The second kappa shape index (κ2) is 7.82. The minimum atomic E-state index is -0.606. The Morgan fingerprint density at radius 2 is 2.26 bits per heavy atom. The second-order valence-corrected chi connectivity index (χ2v) is 6.46. The summed E-state index contributed by atoms with van der Waals surface area (Å²) in [5, 5.41) is 25.3. The van der Waals surface area contributed by atoms with E-state index in [-0.39, 0.29) is 16.3 Å². The highest BCUT2D eigenvalue weighted by Crippen LogP contribution is 2.27. The zero-order valence-electron chi connectivity index (χ0n) is 13.5. The van der Waals surface area contributed by atoms with E-state index in [9.17, 15) is 20.2 Å². The highest BCUT2D eigenvalue weighted by molar-refractivity contribution is 7.13. The average Bonchev–Trinajstić information content (AvgIpc) is 3.31. The number of thiazole rings is 1. The lowest BCUT2D eigenvalue weighted by atomic mass is 10.2. The van der Waals surface area contributed by atoms with Gasteiger partial charge in [-0.15, -0.1) is 11.3 Å². The summed E-state index contributed by atoms with van der Waals surface area (Å²) in [5.74, 6) is -0.606. The van der Waals surface area contributed by atoms with E-state index in [1.165, 1.54) is 41.8 Å². The maximum atomic E-state index is 12.3. The van der Waals surface area contributed by atoms with Crippen molar-refractivity contribution >= 4 is 45.7 Å². The van der Waals surface area contributed by atoms with Crippen LogP contribution < -0.4 is 5.32 Å². The van der Waals surface area contributed by atoms with Gasteiger partial charge in [0.05, 0.1) is 15.6 Å². The largest absolute Gasteiger partial charge is 0.315 e. The first-order chi connectivity index (χ1) is 13.0. The normalized spacial score (nSPS) is 11.0. The van der Waals surface area contributed by atoms with Gasteiger partial charge in [-0.3, -0.25) is 20.2 Å². The van der Waals surface area contributed by atoms with Crippen LogP contribution in [0.1, 0.15) is 5.69 Å². The van der Waals surface area contributed by atoms with Gasteiger partial charge in [-0.25, -0.2) is 4.98 Å². The van der Waals surface area contributed by atoms with Crippen molar-refractivity contribution in [3.05, 3.63) is 74.5 Å². The van der Waals surface area contributed by atoms with Crippen LogP contribution in [0.3, 0.4) is 0 Å². The molecule has 0 radical (unpaired) electrons. The van der Waals surface area contributed by atoms with Crippen LogP contribution in [-0.4, -0.2) is 20.4 Å². The number of nitro benzene ring substituents is 1. The van der Waals surface area contributed by atoms with E-state index in [1.54, 1.807) is 28.3 Å². The van der Waals surface area contributed by atoms with Crippen molar-refractivity contribution in [1.82, 2.24) is 9.55 Å². The van der Waals surface area contributed by atoms with Crippen molar-refractivity contribution in [2.75, 3.05) is 5.32 Å². The van der Waals surface area contributed by atoms with E-state index in [4.69, 9.17) is 11.6 Å². The molecule has 2 heterocycles. The van der Waals surface area contributed by atoms with Gasteiger partial charge in [0.15, 0.2) is 5.13 Å². The zero-order chi connectivity index (χ0) is 19.4. The van der Waals surface area contributed by atoms with Crippen LogP contribution in [0.4, 0.5) is 10.8 Å². The molecule has 3 aromatic rings. The Kier molecular flexibility index (Phi) is 5.30. The number of hydrogen-bond donors (Lipinski definition) is 1. The molecule has 1 N–H and O–H groups in total. The van der Waals surface area contributed by atoms with Crippen LogP contribution in [0.5, 0.6) is 0 Å². The number of anilines is 1. The molecule has 3 rings (SSSR count). The fourth-order valence-corrected chi connectivity index (χ4v) is 3.01. The number of halogens is 1. The Morgan fingerprint density at radius 3 is 2.93 bits per heavy atom. The first-order valence-corrected chi connectivity index (χ1v) is 8.69. The van der Waals surface area contributed by atoms with Crippen LogP contribution in [0.15, 0.2) is 53.7 Å². The number of carbonyl (C=O) groups is 1. The monoisotopic (exact) mass is 399 g/mol. The van der Waals surface area contributed by atoms with Gasteiger partial charge < -0.3 is 4.57 Å². The van der Waals surface area contributed by atoms with Crippen molar-refractivity contribution in [2.45, 2.75) is 0 Å². The number of nitriles is 1. The number of rotatable bonds is 5. The maximum absolute atomic E-state index is 12.3. The lowest BCUT2D eigenvalue weighted by molar-refractivity contribution is -0.384. The number of amides is 1. The van der Waals surface area contributed by atoms with Crippen LogP contribution in [-0.2, 0) is 4.79 Å². The molecule has 8 nitrogen and oxygen atoms in total. The second-order valence-electron chi connectivity index (χ2n) is 5.16. The van der Waals surface area contributed by atoms with E-state index < -0.39 is 10.8 Å². The van der Waals surface area contributed by atoms with E-state index in [1.807, 2.05) is 6.07 Å². The maximum Gasteiger partial charge on any atom is 0.271 e. The molecule has 0 saturated carbocycles. The zero-order valence-corrected chi connectivity index (χ0v) is 15.1. The Hall–Kier alpha value is -3.48. The van der Waals surface area contributed by atoms with Gasteiger partial charge in [-0.2, -0.15) is 5.26 Å². The Labute approximate surface area is 162 Å². The third kappa shape index (κ3) is 4.03. The summed E-state index contributed by atoms with van der Waals surface area (Å²) in [5.41, 5.74) is 0.551. The number of nitrogens with zero attached hydrogens (tertiary/aromatic N) is 4. The molecule has 1 aromatic carbocycles. The Balaban J connectivity index is 1.98. The summed E-state index contributed by atoms with van der Waals surface area (Å²) in [6, 6.07) is 9.22. The van der Waals surface area contributed by atoms with E-state index in [0.717, 1.165) is 0 Å². The molecular weight excluding hydrogens is 390 g/mol. The van der Waals surface area contributed by atoms with Crippen LogP contribution in [0.2, 0.25) is 5.02 Å². The minimum Gasteiger partial charge on any atom is -0.315 e. The topological polar surface area (TPSA) is 114 Å². The number of hydrogen-bond acceptors (Lipinski definition) is 6. The highest BCUT2D eigenvalue weighted by atomic mass is 35.5. The minimum absolute atomic E-state index is 0.125. The van der Waals surface area contributed by atoms with Crippen molar-refractivity contribution in [1.29, 1.82) is 5.26 Å². The van der Waals surface area contributed by atoms with Gasteiger partial charge in [0, 0.05) is 35.6 Å². The summed E-state index contributed by atoms with van der Waals surface area (Å²) in [7, 11) is 0. The number of carbonyl (C=O) groups excluding carboxylic acids is 1. The molecule has 0 unspecified atom stereocenters. The molecule has 0 spiro atoms. The predicted octanol–water partition coefficient (Wildman–Crippen LogP) is 4.04. The lowest BCUT2D eigenvalue weighted by Crippen LogP contribution is -2.13. The summed E-state index contributed by atoms with van der Waals surface area (Å²) in [6.45, 7) is 0. The molecule has 0 aliphatic rings. The first kappa shape index (κ1) is 18.3. The van der Waals surface area contributed by atoms with Crippen molar-refractivity contribution in [3.8, 4) is 11.8 Å². The summed E-state index contributed by atoms with van der Waals surface area (Å²) < 4.78 is 1.56. The number of aromatic nitrogens is 2. The number of non-ortho nitro benzene ring substituents is 1. The molecular formula is C17H10ClN5O3S. The third-order valence-corrected chi connectivity index (χ3v) is 4.50. The molecule has 0 aliphatic heterocycles. The number of benzene rings is 1. The van der Waals surface area contributed by atoms with Gasteiger partial charge in [0.25, 0.3) is 11.6 Å². The van der Waals surface area contributed by atoms with Gasteiger partial charge in [-0.05, 0) is 24.3 Å². The van der Waals surface area contributed by atoms with Crippen molar-refractivity contribution in [3.63, 3.8) is 0 Å². The molecule has 0 saturated heterocycles.